The van der Waals surface area contributed by atoms with Crippen LogP contribution in [0.1, 0.15) is 25.7 Å². The Hall–Kier alpha value is -0.120. The standard InChI is InChI=1S/C11H19NO2/c1-12-9-4-11(13,8-2-3-8)5-10(12)7-14-6-9/h8-10,13H,2-7H2,1H3. The van der Waals surface area contributed by atoms with E-state index in [9.17, 15) is 5.11 Å². The number of piperidine rings is 1. The first-order valence-corrected chi connectivity index (χ1v) is 5.71. The molecule has 3 heteroatoms. The minimum absolute atomic E-state index is 0.356. The number of hydrogen-bond donors (Lipinski definition) is 1. The summed E-state index contributed by atoms with van der Waals surface area (Å²) >= 11 is 0. The van der Waals surface area contributed by atoms with Crippen LogP contribution in [-0.2, 0) is 4.74 Å². The lowest BCUT2D eigenvalue weighted by Crippen LogP contribution is -2.60. The van der Waals surface area contributed by atoms with E-state index < -0.39 is 0 Å². The molecule has 0 radical (unpaired) electrons. The molecule has 3 fully saturated rings. The van der Waals surface area contributed by atoms with Gasteiger partial charge in [0, 0.05) is 12.1 Å². The number of ether oxygens (including phenoxy) is 1. The maximum Gasteiger partial charge on any atom is 0.0707 e. The zero-order valence-corrected chi connectivity index (χ0v) is 8.78. The van der Waals surface area contributed by atoms with Crippen molar-refractivity contribution in [3.63, 3.8) is 0 Å². The summed E-state index contributed by atoms with van der Waals surface area (Å²) in [5.74, 6) is 0.597. The zero-order valence-electron chi connectivity index (χ0n) is 8.78. The molecule has 0 spiro atoms. The molecule has 2 atom stereocenters. The van der Waals surface area contributed by atoms with Crippen LogP contribution in [0.2, 0.25) is 0 Å². The summed E-state index contributed by atoms with van der Waals surface area (Å²) in [7, 11) is 2.17. The predicted molar refractivity (Wildman–Crippen MR) is 53.1 cm³/mol. The highest BCUT2D eigenvalue weighted by Gasteiger charge is 2.51. The Balaban J connectivity index is 1.80. The van der Waals surface area contributed by atoms with Gasteiger partial charge in [0.25, 0.3) is 0 Å². The number of rotatable bonds is 1. The Morgan fingerprint density at radius 2 is 1.79 bits per heavy atom. The summed E-state index contributed by atoms with van der Waals surface area (Å²) in [6, 6.07) is 0.904. The molecule has 14 heavy (non-hydrogen) atoms. The topological polar surface area (TPSA) is 32.7 Å². The molecule has 2 bridgehead atoms. The minimum Gasteiger partial charge on any atom is -0.389 e. The van der Waals surface area contributed by atoms with Crippen LogP contribution in [0.25, 0.3) is 0 Å². The molecule has 1 N–H and O–H groups in total. The number of morpholine rings is 1. The maximum absolute atomic E-state index is 10.6. The first-order valence-electron chi connectivity index (χ1n) is 5.71. The van der Waals surface area contributed by atoms with Crippen molar-refractivity contribution >= 4 is 0 Å². The summed E-state index contributed by atoms with van der Waals surface area (Å²) < 4.78 is 5.55. The van der Waals surface area contributed by atoms with E-state index in [1.54, 1.807) is 0 Å². The van der Waals surface area contributed by atoms with Gasteiger partial charge in [-0.3, -0.25) is 4.90 Å². The highest BCUT2D eigenvalue weighted by atomic mass is 16.5. The van der Waals surface area contributed by atoms with E-state index in [1.165, 1.54) is 12.8 Å². The molecule has 3 aliphatic rings. The molecule has 2 unspecified atom stereocenters. The number of fused-ring (bicyclic) bond motifs is 2. The van der Waals surface area contributed by atoms with Crippen LogP contribution in [-0.4, -0.2) is 48.0 Å². The van der Waals surface area contributed by atoms with Gasteiger partial charge in [-0.2, -0.15) is 0 Å². The van der Waals surface area contributed by atoms with Gasteiger partial charge in [-0.25, -0.2) is 0 Å². The fraction of sp³-hybridized carbons (Fsp3) is 1.00. The van der Waals surface area contributed by atoms with Crippen molar-refractivity contribution in [3.05, 3.63) is 0 Å². The van der Waals surface area contributed by atoms with Gasteiger partial charge in [-0.1, -0.05) is 0 Å². The Morgan fingerprint density at radius 3 is 2.29 bits per heavy atom. The molecule has 0 amide bonds. The quantitative estimate of drug-likeness (QED) is 0.669. The molecule has 2 heterocycles. The van der Waals surface area contributed by atoms with E-state index in [1.807, 2.05) is 0 Å². The number of aliphatic hydroxyl groups is 1. The van der Waals surface area contributed by atoms with Crippen LogP contribution in [0.4, 0.5) is 0 Å². The van der Waals surface area contributed by atoms with Crippen molar-refractivity contribution in [2.24, 2.45) is 5.92 Å². The SMILES string of the molecule is CN1C2COCC1CC(O)(C1CC1)C2. The molecule has 0 aromatic carbocycles. The van der Waals surface area contributed by atoms with Gasteiger partial charge < -0.3 is 9.84 Å². The van der Waals surface area contributed by atoms with Crippen LogP contribution in [0, 0.1) is 5.92 Å². The first-order chi connectivity index (χ1) is 6.69. The Kier molecular flexibility index (Phi) is 1.92. The van der Waals surface area contributed by atoms with E-state index in [2.05, 4.69) is 11.9 Å². The van der Waals surface area contributed by atoms with Gasteiger partial charge in [0.1, 0.15) is 0 Å². The van der Waals surface area contributed by atoms with Crippen molar-refractivity contribution in [1.29, 1.82) is 0 Å². The monoisotopic (exact) mass is 197 g/mol. The summed E-state index contributed by atoms with van der Waals surface area (Å²) in [4.78, 5) is 2.40. The van der Waals surface area contributed by atoms with Crippen LogP contribution in [0.3, 0.4) is 0 Å². The first kappa shape index (κ1) is 9.13. The molecule has 0 aromatic rings. The molecule has 2 aliphatic heterocycles. The smallest absolute Gasteiger partial charge is 0.0707 e. The van der Waals surface area contributed by atoms with Crippen LogP contribution in [0.15, 0.2) is 0 Å². The summed E-state index contributed by atoms with van der Waals surface area (Å²) in [5, 5.41) is 10.6. The molecule has 80 valence electrons. The predicted octanol–water partition coefficient (Wildman–Crippen LogP) is 0.620. The van der Waals surface area contributed by atoms with Gasteiger partial charge in [-0.05, 0) is 38.6 Å². The second-order valence-corrected chi connectivity index (χ2v) is 5.30. The van der Waals surface area contributed by atoms with Gasteiger partial charge in [0.15, 0.2) is 0 Å². The molecule has 3 nitrogen and oxygen atoms in total. The molecule has 2 saturated heterocycles. The third-order valence-electron chi connectivity index (χ3n) is 4.29. The summed E-state index contributed by atoms with van der Waals surface area (Å²) in [5.41, 5.74) is -0.356. The lowest BCUT2D eigenvalue weighted by atomic mass is 9.78. The van der Waals surface area contributed by atoms with E-state index in [0.717, 1.165) is 26.1 Å². The molecule has 0 aromatic heterocycles. The highest BCUT2D eigenvalue weighted by molar-refractivity contribution is 5.04. The van der Waals surface area contributed by atoms with E-state index >= 15 is 0 Å². The average Bonchev–Trinajstić information content (AvgIpc) is 2.90. The Morgan fingerprint density at radius 1 is 1.21 bits per heavy atom. The fourth-order valence-electron chi connectivity index (χ4n) is 3.13. The van der Waals surface area contributed by atoms with E-state index in [0.29, 0.717) is 18.0 Å². The third kappa shape index (κ3) is 1.30. The second-order valence-electron chi connectivity index (χ2n) is 5.30. The maximum atomic E-state index is 10.6. The van der Waals surface area contributed by atoms with Crippen molar-refractivity contribution in [3.8, 4) is 0 Å². The highest BCUT2D eigenvalue weighted by Crippen LogP contribution is 2.48. The molecule has 3 rings (SSSR count). The summed E-state index contributed by atoms with van der Waals surface area (Å²) in [6.07, 6.45) is 4.32. The number of hydrogen-bond acceptors (Lipinski definition) is 3. The van der Waals surface area contributed by atoms with Gasteiger partial charge in [-0.15, -0.1) is 0 Å². The summed E-state index contributed by atoms with van der Waals surface area (Å²) in [6.45, 7) is 1.62. The second kappa shape index (κ2) is 2.94. The van der Waals surface area contributed by atoms with Gasteiger partial charge in [0.05, 0.1) is 18.8 Å². The van der Waals surface area contributed by atoms with Gasteiger partial charge >= 0.3 is 0 Å². The minimum atomic E-state index is -0.356. The number of nitrogens with zero attached hydrogens (tertiary/aromatic N) is 1. The fourth-order valence-corrected chi connectivity index (χ4v) is 3.13. The van der Waals surface area contributed by atoms with Crippen LogP contribution >= 0.6 is 0 Å². The van der Waals surface area contributed by atoms with Crippen LogP contribution < -0.4 is 0 Å². The number of likely N-dealkylation sites (N-methyl/N-ethyl adjacent to an activating group) is 1. The Labute approximate surface area is 85.0 Å². The molecule has 1 saturated carbocycles. The molecular weight excluding hydrogens is 178 g/mol. The van der Waals surface area contributed by atoms with Gasteiger partial charge in [0.2, 0.25) is 0 Å². The average molecular weight is 197 g/mol. The van der Waals surface area contributed by atoms with Crippen molar-refractivity contribution < 1.29 is 9.84 Å². The van der Waals surface area contributed by atoms with Crippen LogP contribution in [0.5, 0.6) is 0 Å². The van der Waals surface area contributed by atoms with Crippen molar-refractivity contribution in [2.45, 2.75) is 43.4 Å². The lowest BCUT2D eigenvalue weighted by Gasteiger charge is -2.50. The van der Waals surface area contributed by atoms with E-state index in [4.69, 9.17) is 4.74 Å². The Bertz CT molecular complexity index is 225. The molecular formula is C11H19NO2. The zero-order chi connectivity index (χ0) is 9.76. The van der Waals surface area contributed by atoms with Crippen molar-refractivity contribution in [2.75, 3.05) is 20.3 Å². The van der Waals surface area contributed by atoms with Crippen molar-refractivity contribution in [1.82, 2.24) is 4.90 Å². The third-order valence-corrected chi connectivity index (χ3v) is 4.29. The normalized spacial score (nSPS) is 49.3. The molecule has 1 aliphatic carbocycles. The largest absolute Gasteiger partial charge is 0.389 e. The van der Waals surface area contributed by atoms with E-state index in [-0.39, 0.29) is 5.60 Å². The lowest BCUT2D eigenvalue weighted by molar-refractivity contribution is -0.141.